The molecule has 1 aliphatic rings. The van der Waals surface area contributed by atoms with Gasteiger partial charge in [-0.25, -0.2) is 4.79 Å². The standard InChI is InChI=1S/C12H14ClNO3/c13-10-5-9(1-2-11(10)14)12(15)17-7-8-3-4-16-6-8/h1-2,5,8H,3-4,6-7,14H2. The summed E-state index contributed by atoms with van der Waals surface area (Å²) in [5.41, 5.74) is 6.43. The molecule has 2 rings (SSSR count). The average molecular weight is 256 g/mol. The Morgan fingerprint density at radius 1 is 1.59 bits per heavy atom. The highest BCUT2D eigenvalue weighted by Gasteiger charge is 2.18. The third-order valence-electron chi connectivity index (χ3n) is 2.71. The normalized spacial score (nSPS) is 19.2. The van der Waals surface area contributed by atoms with Crippen molar-refractivity contribution in [1.82, 2.24) is 0 Å². The lowest BCUT2D eigenvalue weighted by molar-refractivity contribution is 0.0428. The molecule has 0 spiro atoms. The summed E-state index contributed by atoms with van der Waals surface area (Å²) in [7, 11) is 0. The number of nitrogens with two attached hydrogens (primary N) is 1. The highest BCUT2D eigenvalue weighted by atomic mass is 35.5. The van der Waals surface area contributed by atoms with Gasteiger partial charge in [0.25, 0.3) is 0 Å². The maximum absolute atomic E-state index is 11.7. The van der Waals surface area contributed by atoms with E-state index in [2.05, 4.69) is 0 Å². The second-order valence-electron chi connectivity index (χ2n) is 4.06. The molecule has 1 saturated heterocycles. The van der Waals surface area contributed by atoms with Crippen molar-refractivity contribution >= 4 is 23.3 Å². The maximum Gasteiger partial charge on any atom is 0.338 e. The fourth-order valence-corrected chi connectivity index (χ4v) is 1.83. The van der Waals surface area contributed by atoms with Crippen molar-refractivity contribution in [1.29, 1.82) is 0 Å². The molecule has 5 heteroatoms. The molecule has 0 radical (unpaired) electrons. The Kier molecular flexibility index (Phi) is 3.86. The van der Waals surface area contributed by atoms with Crippen LogP contribution in [0.2, 0.25) is 5.02 Å². The Labute approximate surface area is 105 Å². The zero-order valence-electron chi connectivity index (χ0n) is 9.32. The molecular formula is C12H14ClNO3. The predicted octanol–water partition coefficient (Wildman–Crippen LogP) is 2.12. The van der Waals surface area contributed by atoms with E-state index in [1.807, 2.05) is 0 Å². The first kappa shape index (κ1) is 12.2. The number of benzene rings is 1. The summed E-state index contributed by atoms with van der Waals surface area (Å²) >= 11 is 5.83. The lowest BCUT2D eigenvalue weighted by Gasteiger charge is -2.09. The molecule has 17 heavy (non-hydrogen) atoms. The number of nitrogen functional groups attached to an aromatic ring is 1. The van der Waals surface area contributed by atoms with Gasteiger partial charge in [-0.2, -0.15) is 0 Å². The maximum atomic E-state index is 11.7. The van der Waals surface area contributed by atoms with Gasteiger partial charge < -0.3 is 15.2 Å². The van der Waals surface area contributed by atoms with Gasteiger partial charge in [-0.1, -0.05) is 11.6 Å². The summed E-state index contributed by atoms with van der Waals surface area (Å²) in [6.45, 7) is 1.80. The number of hydrogen-bond acceptors (Lipinski definition) is 4. The van der Waals surface area contributed by atoms with Crippen molar-refractivity contribution in [2.75, 3.05) is 25.6 Å². The molecule has 2 N–H and O–H groups in total. The SMILES string of the molecule is Nc1ccc(C(=O)OCC2CCOC2)cc1Cl. The largest absolute Gasteiger partial charge is 0.462 e. The van der Waals surface area contributed by atoms with Crippen LogP contribution in [0.3, 0.4) is 0 Å². The van der Waals surface area contributed by atoms with Crippen LogP contribution in [0.5, 0.6) is 0 Å². The summed E-state index contributed by atoms with van der Waals surface area (Å²) in [5, 5.41) is 0.364. The molecule has 1 atom stereocenters. The molecule has 1 fully saturated rings. The molecule has 1 aliphatic heterocycles. The molecule has 1 aromatic carbocycles. The minimum Gasteiger partial charge on any atom is -0.462 e. The van der Waals surface area contributed by atoms with E-state index in [0.29, 0.717) is 35.4 Å². The first-order valence-electron chi connectivity index (χ1n) is 5.46. The van der Waals surface area contributed by atoms with Crippen LogP contribution in [0.25, 0.3) is 0 Å². The van der Waals surface area contributed by atoms with Crippen LogP contribution < -0.4 is 5.73 Å². The van der Waals surface area contributed by atoms with Crippen LogP contribution in [0.1, 0.15) is 16.8 Å². The molecule has 1 aromatic rings. The number of ether oxygens (including phenoxy) is 2. The first-order chi connectivity index (χ1) is 8.16. The van der Waals surface area contributed by atoms with E-state index >= 15 is 0 Å². The van der Waals surface area contributed by atoms with Crippen molar-refractivity contribution in [3.8, 4) is 0 Å². The smallest absolute Gasteiger partial charge is 0.338 e. The molecule has 92 valence electrons. The van der Waals surface area contributed by atoms with E-state index < -0.39 is 0 Å². The third-order valence-corrected chi connectivity index (χ3v) is 3.04. The summed E-state index contributed by atoms with van der Waals surface area (Å²) in [4.78, 5) is 11.7. The Balaban J connectivity index is 1.92. The number of esters is 1. The van der Waals surface area contributed by atoms with Gasteiger partial charge in [0.1, 0.15) is 0 Å². The van der Waals surface area contributed by atoms with Crippen molar-refractivity contribution in [2.45, 2.75) is 6.42 Å². The molecule has 0 amide bonds. The molecular weight excluding hydrogens is 242 g/mol. The quantitative estimate of drug-likeness (QED) is 0.664. The van der Waals surface area contributed by atoms with Crippen molar-refractivity contribution in [3.05, 3.63) is 28.8 Å². The van der Waals surface area contributed by atoms with Gasteiger partial charge in [0.05, 0.1) is 29.5 Å². The molecule has 0 aliphatic carbocycles. The van der Waals surface area contributed by atoms with Crippen LogP contribution in [0, 0.1) is 5.92 Å². The predicted molar refractivity (Wildman–Crippen MR) is 65.1 cm³/mol. The topological polar surface area (TPSA) is 61.6 Å². The number of carbonyl (C=O) groups excluding carboxylic acids is 1. The van der Waals surface area contributed by atoms with Gasteiger partial charge in [-0.05, 0) is 24.6 Å². The lowest BCUT2D eigenvalue weighted by atomic mass is 10.1. The van der Waals surface area contributed by atoms with Crippen molar-refractivity contribution in [2.24, 2.45) is 5.92 Å². The first-order valence-corrected chi connectivity index (χ1v) is 5.84. The Bertz CT molecular complexity index is 416. The molecule has 0 aromatic heterocycles. The number of halogens is 1. The van der Waals surface area contributed by atoms with Crippen molar-refractivity contribution in [3.63, 3.8) is 0 Å². The van der Waals surface area contributed by atoms with Crippen LogP contribution in [-0.2, 0) is 9.47 Å². The highest BCUT2D eigenvalue weighted by Crippen LogP contribution is 2.20. The summed E-state index contributed by atoms with van der Waals surface area (Å²) in [6.07, 6.45) is 0.940. The van der Waals surface area contributed by atoms with Crippen LogP contribution in [0.4, 0.5) is 5.69 Å². The van der Waals surface area contributed by atoms with Gasteiger partial charge in [0, 0.05) is 12.5 Å². The minimum atomic E-state index is -0.376. The van der Waals surface area contributed by atoms with Gasteiger partial charge in [0.15, 0.2) is 0 Å². The average Bonchev–Trinajstić information content (AvgIpc) is 2.82. The lowest BCUT2D eigenvalue weighted by Crippen LogP contribution is -2.14. The zero-order valence-corrected chi connectivity index (χ0v) is 10.1. The Morgan fingerprint density at radius 3 is 3.06 bits per heavy atom. The van der Waals surface area contributed by atoms with E-state index in [1.54, 1.807) is 12.1 Å². The molecule has 1 heterocycles. The number of hydrogen-bond donors (Lipinski definition) is 1. The second kappa shape index (κ2) is 5.38. The van der Waals surface area contributed by atoms with E-state index in [1.165, 1.54) is 6.07 Å². The van der Waals surface area contributed by atoms with Gasteiger partial charge in [-0.15, -0.1) is 0 Å². The van der Waals surface area contributed by atoms with Crippen LogP contribution in [0.15, 0.2) is 18.2 Å². The van der Waals surface area contributed by atoms with E-state index in [0.717, 1.165) is 13.0 Å². The van der Waals surface area contributed by atoms with Gasteiger partial charge >= 0.3 is 5.97 Å². The Morgan fingerprint density at radius 2 is 2.41 bits per heavy atom. The van der Waals surface area contributed by atoms with Crippen LogP contribution in [-0.4, -0.2) is 25.8 Å². The van der Waals surface area contributed by atoms with E-state index in [4.69, 9.17) is 26.8 Å². The fraction of sp³-hybridized carbons (Fsp3) is 0.417. The number of anilines is 1. The van der Waals surface area contributed by atoms with E-state index in [9.17, 15) is 4.79 Å². The number of carbonyl (C=O) groups is 1. The van der Waals surface area contributed by atoms with Gasteiger partial charge in [0.2, 0.25) is 0 Å². The van der Waals surface area contributed by atoms with E-state index in [-0.39, 0.29) is 5.97 Å². The van der Waals surface area contributed by atoms with Crippen LogP contribution >= 0.6 is 11.6 Å². The van der Waals surface area contributed by atoms with Crippen molar-refractivity contribution < 1.29 is 14.3 Å². The van der Waals surface area contributed by atoms with Gasteiger partial charge in [-0.3, -0.25) is 0 Å². The summed E-state index contributed by atoms with van der Waals surface area (Å²) < 4.78 is 10.4. The fourth-order valence-electron chi connectivity index (χ4n) is 1.65. The molecule has 0 bridgehead atoms. The zero-order chi connectivity index (χ0) is 12.3. The molecule has 4 nitrogen and oxygen atoms in total. The summed E-state index contributed by atoms with van der Waals surface area (Å²) in [5.74, 6) is -0.0676. The monoisotopic (exact) mass is 255 g/mol. The Hall–Kier alpha value is -1.26. The molecule has 0 saturated carbocycles. The molecule has 1 unspecified atom stereocenters. The minimum absolute atomic E-state index is 0.309. The summed E-state index contributed by atoms with van der Waals surface area (Å²) in [6, 6.07) is 4.72. The number of rotatable bonds is 3. The second-order valence-corrected chi connectivity index (χ2v) is 4.47. The highest BCUT2D eigenvalue weighted by molar-refractivity contribution is 6.33. The third kappa shape index (κ3) is 3.11.